The van der Waals surface area contributed by atoms with E-state index in [4.69, 9.17) is 4.74 Å². The summed E-state index contributed by atoms with van der Waals surface area (Å²) in [6.45, 7) is 3.13. The van der Waals surface area contributed by atoms with Crippen molar-refractivity contribution in [3.05, 3.63) is 48.7 Å². The van der Waals surface area contributed by atoms with Crippen molar-refractivity contribution < 1.29 is 9.13 Å². The lowest BCUT2D eigenvalue weighted by Crippen LogP contribution is -2.36. The van der Waals surface area contributed by atoms with Gasteiger partial charge in [0.2, 0.25) is 0 Å². The SMILES string of the molecule is Fc1ccc2ncnc(Nc3ccc(N4CCOCC4)nc3)c2c1. The van der Waals surface area contributed by atoms with Crippen molar-refractivity contribution >= 4 is 28.2 Å². The highest BCUT2D eigenvalue weighted by Crippen LogP contribution is 2.24. The van der Waals surface area contributed by atoms with Crippen molar-refractivity contribution in [1.82, 2.24) is 15.0 Å². The lowest BCUT2D eigenvalue weighted by molar-refractivity contribution is 0.122. The molecule has 1 aliphatic heterocycles. The molecule has 1 aromatic carbocycles. The number of fused-ring (bicyclic) bond motifs is 1. The van der Waals surface area contributed by atoms with Crippen LogP contribution in [0.1, 0.15) is 0 Å². The Bertz CT molecular complexity index is 849. The van der Waals surface area contributed by atoms with Crippen molar-refractivity contribution in [3.8, 4) is 0 Å². The number of aromatic nitrogens is 3. The Morgan fingerprint density at radius 2 is 1.92 bits per heavy atom. The van der Waals surface area contributed by atoms with Crippen molar-refractivity contribution in [2.24, 2.45) is 0 Å². The van der Waals surface area contributed by atoms with Gasteiger partial charge >= 0.3 is 0 Å². The molecule has 2 aromatic heterocycles. The van der Waals surface area contributed by atoms with Crippen LogP contribution >= 0.6 is 0 Å². The van der Waals surface area contributed by atoms with Crippen LogP contribution in [0.15, 0.2) is 42.9 Å². The Hall–Kier alpha value is -2.80. The maximum absolute atomic E-state index is 13.5. The van der Waals surface area contributed by atoms with Gasteiger partial charge in [-0.2, -0.15) is 0 Å². The summed E-state index contributed by atoms with van der Waals surface area (Å²) in [6.07, 6.45) is 3.20. The van der Waals surface area contributed by atoms with Crippen molar-refractivity contribution in [1.29, 1.82) is 0 Å². The number of nitrogens with zero attached hydrogens (tertiary/aromatic N) is 4. The zero-order chi connectivity index (χ0) is 16.4. The first kappa shape index (κ1) is 14.8. The Labute approximate surface area is 138 Å². The quantitative estimate of drug-likeness (QED) is 0.799. The minimum atomic E-state index is -0.318. The average Bonchev–Trinajstić information content (AvgIpc) is 2.64. The van der Waals surface area contributed by atoms with Crippen molar-refractivity contribution in [2.75, 3.05) is 36.5 Å². The number of pyridine rings is 1. The normalized spacial score (nSPS) is 14.8. The number of benzene rings is 1. The summed E-state index contributed by atoms with van der Waals surface area (Å²) in [5.74, 6) is 1.16. The molecule has 3 heterocycles. The van der Waals surface area contributed by atoms with E-state index >= 15 is 0 Å². The maximum Gasteiger partial charge on any atom is 0.141 e. The molecule has 3 aromatic rings. The maximum atomic E-state index is 13.5. The Morgan fingerprint density at radius 1 is 1.04 bits per heavy atom. The van der Waals surface area contributed by atoms with Gasteiger partial charge in [0.15, 0.2) is 0 Å². The molecule has 0 aliphatic carbocycles. The van der Waals surface area contributed by atoms with Crippen LogP contribution in [0, 0.1) is 5.82 Å². The molecule has 0 bridgehead atoms. The third-order valence-corrected chi connectivity index (χ3v) is 3.94. The van der Waals surface area contributed by atoms with E-state index in [2.05, 4.69) is 25.2 Å². The molecule has 1 aliphatic rings. The second kappa shape index (κ2) is 6.37. The monoisotopic (exact) mass is 325 g/mol. The molecule has 0 unspecified atom stereocenters. The minimum Gasteiger partial charge on any atom is -0.378 e. The highest BCUT2D eigenvalue weighted by molar-refractivity contribution is 5.90. The van der Waals surface area contributed by atoms with Crippen LogP contribution in [-0.4, -0.2) is 41.3 Å². The van der Waals surface area contributed by atoms with Gasteiger partial charge in [0.05, 0.1) is 30.6 Å². The van der Waals surface area contributed by atoms with Crippen LogP contribution in [0.4, 0.5) is 21.7 Å². The van der Waals surface area contributed by atoms with Gasteiger partial charge in [-0.25, -0.2) is 19.3 Å². The van der Waals surface area contributed by atoms with Gasteiger partial charge < -0.3 is 15.0 Å². The molecular formula is C17H16FN5O. The second-order valence-corrected chi connectivity index (χ2v) is 5.51. The molecule has 24 heavy (non-hydrogen) atoms. The molecule has 122 valence electrons. The van der Waals surface area contributed by atoms with Crippen LogP contribution in [0.3, 0.4) is 0 Å². The third kappa shape index (κ3) is 2.98. The molecule has 7 heteroatoms. The Kier molecular flexibility index (Phi) is 3.92. The highest BCUT2D eigenvalue weighted by Gasteiger charge is 2.12. The molecule has 0 amide bonds. The number of ether oxygens (including phenoxy) is 1. The predicted octanol–water partition coefficient (Wildman–Crippen LogP) is 2.74. The number of morpholine rings is 1. The molecule has 1 N–H and O–H groups in total. The van der Waals surface area contributed by atoms with Gasteiger partial charge in [-0.3, -0.25) is 0 Å². The van der Waals surface area contributed by atoms with E-state index in [0.29, 0.717) is 16.7 Å². The first-order valence-corrected chi connectivity index (χ1v) is 7.76. The lowest BCUT2D eigenvalue weighted by Gasteiger charge is -2.27. The lowest BCUT2D eigenvalue weighted by atomic mass is 10.2. The van der Waals surface area contributed by atoms with Crippen LogP contribution in [0.2, 0.25) is 0 Å². The fourth-order valence-corrected chi connectivity index (χ4v) is 2.70. The van der Waals surface area contributed by atoms with Gasteiger partial charge in [-0.1, -0.05) is 0 Å². The summed E-state index contributed by atoms with van der Waals surface area (Å²) in [5.41, 5.74) is 1.48. The van der Waals surface area contributed by atoms with E-state index in [1.807, 2.05) is 12.1 Å². The van der Waals surface area contributed by atoms with E-state index in [0.717, 1.165) is 37.8 Å². The van der Waals surface area contributed by atoms with E-state index in [-0.39, 0.29) is 5.82 Å². The summed E-state index contributed by atoms with van der Waals surface area (Å²) in [6, 6.07) is 8.34. The Morgan fingerprint density at radius 3 is 2.71 bits per heavy atom. The molecule has 1 fully saturated rings. The largest absolute Gasteiger partial charge is 0.378 e. The first-order chi connectivity index (χ1) is 11.8. The van der Waals surface area contributed by atoms with Crippen LogP contribution < -0.4 is 10.2 Å². The fraction of sp³-hybridized carbons (Fsp3) is 0.235. The fourth-order valence-electron chi connectivity index (χ4n) is 2.70. The van der Waals surface area contributed by atoms with E-state index < -0.39 is 0 Å². The number of rotatable bonds is 3. The Balaban J connectivity index is 1.58. The summed E-state index contributed by atoms with van der Waals surface area (Å²) in [7, 11) is 0. The topological polar surface area (TPSA) is 63.2 Å². The first-order valence-electron chi connectivity index (χ1n) is 7.76. The smallest absolute Gasteiger partial charge is 0.141 e. The summed E-state index contributed by atoms with van der Waals surface area (Å²) in [5, 5.41) is 3.81. The summed E-state index contributed by atoms with van der Waals surface area (Å²) in [4.78, 5) is 15.0. The predicted molar refractivity (Wildman–Crippen MR) is 90.0 cm³/mol. The molecule has 0 saturated carbocycles. The molecule has 0 atom stereocenters. The standard InChI is InChI=1S/C17H16FN5O/c18-12-1-3-15-14(9-12)17(21-11-20-15)22-13-2-4-16(19-10-13)23-5-7-24-8-6-23/h1-4,9-11H,5-8H2,(H,20,21,22). The second-order valence-electron chi connectivity index (χ2n) is 5.51. The van der Waals surface area contributed by atoms with Gasteiger partial charge in [0, 0.05) is 18.5 Å². The molecule has 1 saturated heterocycles. The van der Waals surface area contributed by atoms with E-state index in [9.17, 15) is 4.39 Å². The molecule has 6 nitrogen and oxygen atoms in total. The molecule has 0 radical (unpaired) electrons. The molecule has 4 rings (SSSR count). The molecular weight excluding hydrogens is 309 g/mol. The average molecular weight is 325 g/mol. The van der Waals surface area contributed by atoms with Crippen LogP contribution in [0.5, 0.6) is 0 Å². The van der Waals surface area contributed by atoms with Crippen molar-refractivity contribution in [2.45, 2.75) is 0 Å². The van der Waals surface area contributed by atoms with Gasteiger partial charge in [0.1, 0.15) is 23.8 Å². The van der Waals surface area contributed by atoms with E-state index in [1.165, 1.54) is 18.5 Å². The van der Waals surface area contributed by atoms with E-state index in [1.54, 1.807) is 12.3 Å². The number of hydrogen-bond donors (Lipinski definition) is 1. The van der Waals surface area contributed by atoms with Crippen LogP contribution in [-0.2, 0) is 4.74 Å². The van der Waals surface area contributed by atoms with Crippen LogP contribution in [0.25, 0.3) is 10.9 Å². The van der Waals surface area contributed by atoms with Gasteiger partial charge in [-0.15, -0.1) is 0 Å². The third-order valence-electron chi connectivity index (χ3n) is 3.94. The zero-order valence-corrected chi connectivity index (χ0v) is 12.9. The number of halogens is 1. The van der Waals surface area contributed by atoms with Gasteiger partial charge in [0.25, 0.3) is 0 Å². The van der Waals surface area contributed by atoms with Crippen molar-refractivity contribution in [3.63, 3.8) is 0 Å². The van der Waals surface area contributed by atoms with Gasteiger partial charge in [-0.05, 0) is 30.3 Å². The zero-order valence-electron chi connectivity index (χ0n) is 12.9. The minimum absolute atomic E-state index is 0.318. The highest BCUT2D eigenvalue weighted by atomic mass is 19.1. The number of anilines is 3. The number of hydrogen-bond acceptors (Lipinski definition) is 6. The summed E-state index contributed by atoms with van der Waals surface area (Å²) < 4.78 is 18.9. The molecule has 0 spiro atoms. The number of nitrogens with one attached hydrogen (secondary N) is 1. The summed E-state index contributed by atoms with van der Waals surface area (Å²) >= 11 is 0.